The van der Waals surface area contributed by atoms with Crippen LogP contribution in [0.25, 0.3) is 6.08 Å². The molecule has 0 spiro atoms. The lowest BCUT2D eigenvalue weighted by Crippen LogP contribution is -2.44. The molecule has 0 bridgehead atoms. The van der Waals surface area contributed by atoms with E-state index < -0.39 is 46.7 Å². The maximum absolute atomic E-state index is 12.7. The Hall–Kier alpha value is -3.19. The number of rotatable bonds is 8. The summed E-state index contributed by atoms with van der Waals surface area (Å²) in [6, 6.07) is 0.811. The van der Waals surface area contributed by atoms with E-state index >= 15 is 0 Å². The smallest absolute Gasteiger partial charge is 0.326 e. The number of ether oxygens (including phenoxy) is 1. The molecule has 1 fully saturated rings. The number of carboxylic acids is 2. The Kier molecular flexibility index (Phi) is 6.76. The highest BCUT2D eigenvalue weighted by Gasteiger charge is 2.40. The van der Waals surface area contributed by atoms with Crippen molar-refractivity contribution in [1.29, 1.82) is 0 Å². The molecule has 0 radical (unpaired) electrons. The molecule has 1 aromatic rings. The summed E-state index contributed by atoms with van der Waals surface area (Å²) in [5.41, 5.74) is -0.500. The monoisotopic (exact) mass is 442 g/mol. The first-order chi connectivity index (χ1) is 13.6. The van der Waals surface area contributed by atoms with Gasteiger partial charge < -0.3 is 20.1 Å². The van der Waals surface area contributed by atoms with Gasteiger partial charge in [0.2, 0.25) is 5.75 Å². The molecule has 154 valence electrons. The fourth-order valence-electron chi connectivity index (χ4n) is 2.52. The Morgan fingerprint density at radius 3 is 2.59 bits per heavy atom. The number of carbonyl (C=O) groups excluding carboxylic acids is 1. The van der Waals surface area contributed by atoms with Crippen molar-refractivity contribution in [3.8, 4) is 11.5 Å². The molecule has 0 aromatic heterocycles. The van der Waals surface area contributed by atoms with Crippen molar-refractivity contribution in [2.24, 2.45) is 0 Å². The zero-order valence-corrected chi connectivity index (χ0v) is 16.4. The van der Waals surface area contributed by atoms with Crippen LogP contribution in [0, 0.1) is 10.1 Å². The predicted octanol–water partition coefficient (Wildman–Crippen LogP) is 1.83. The summed E-state index contributed by atoms with van der Waals surface area (Å²) in [6.45, 7) is 0. The first-order valence-corrected chi connectivity index (χ1v) is 9.06. The van der Waals surface area contributed by atoms with Gasteiger partial charge in [0.1, 0.15) is 10.4 Å². The second-order valence-corrected chi connectivity index (χ2v) is 7.36. The molecular weight excluding hydrogens is 428 g/mol. The van der Waals surface area contributed by atoms with Gasteiger partial charge in [0.25, 0.3) is 5.91 Å². The fourth-order valence-corrected chi connectivity index (χ4v) is 3.87. The van der Waals surface area contributed by atoms with Gasteiger partial charge in [0.05, 0.1) is 16.9 Å². The largest absolute Gasteiger partial charge is 0.500 e. The summed E-state index contributed by atoms with van der Waals surface area (Å²) in [5.74, 6) is -4.27. The molecule has 1 atom stereocenters. The molecule has 29 heavy (non-hydrogen) atoms. The molecule has 1 amide bonds. The van der Waals surface area contributed by atoms with E-state index in [4.69, 9.17) is 22.1 Å². The van der Waals surface area contributed by atoms with Crippen molar-refractivity contribution >= 4 is 57.9 Å². The van der Waals surface area contributed by atoms with Gasteiger partial charge in [-0.2, -0.15) is 0 Å². The minimum absolute atomic E-state index is 0.0152. The number of nitro benzene ring substituents is 1. The van der Waals surface area contributed by atoms with E-state index in [0.29, 0.717) is 0 Å². The van der Waals surface area contributed by atoms with Crippen molar-refractivity contribution in [3.05, 3.63) is 32.7 Å². The summed E-state index contributed by atoms with van der Waals surface area (Å²) >= 11 is 5.84. The van der Waals surface area contributed by atoms with Gasteiger partial charge in [0.15, 0.2) is 5.75 Å². The summed E-state index contributed by atoms with van der Waals surface area (Å²) in [6.07, 6.45) is 0.418. The number of aliphatic carboxylic acids is 2. The van der Waals surface area contributed by atoms with Gasteiger partial charge >= 0.3 is 17.6 Å². The Balaban J connectivity index is 2.41. The van der Waals surface area contributed by atoms with Gasteiger partial charge in [-0.05, 0) is 24.1 Å². The fraction of sp³-hybridized carbons (Fsp3) is 0.250. The number of thioether (sulfide) groups is 1. The van der Waals surface area contributed by atoms with E-state index in [1.807, 2.05) is 0 Å². The SMILES string of the molecule is COc1cc(/C=C2\SC(=S)N([C@H](CCC(=O)O)C(=O)O)C2=O)cc([N+](=O)[O-])c1O. The van der Waals surface area contributed by atoms with Crippen molar-refractivity contribution in [3.63, 3.8) is 0 Å². The molecule has 13 heteroatoms. The minimum Gasteiger partial charge on any atom is -0.500 e. The summed E-state index contributed by atoms with van der Waals surface area (Å²) in [7, 11) is 1.20. The number of hydrogen-bond acceptors (Lipinski definition) is 9. The quantitative estimate of drug-likeness (QED) is 0.232. The zero-order valence-electron chi connectivity index (χ0n) is 14.7. The molecular formula is C16H14N2O9S2. The first-order valence-electron chi connectivity index (χ1n) is 7.83. The standard InChI is InChI=1S/C16H14N2O9S2/c1-27-10-5-7(4-9(13(10)21)18(25)26)6-11-14(22)17(16(28)29-11)8(15(23)24)2-3-12(19)20/h4-6,8,21H,2-3H2,1H3,(H,19,20)(H,23,24)/b11-6-/t8-/m1/s1. The predicted molar refractivity (Wildman–Crippen MR) is 105 cm³/mol. The van der Waals surface area contributed by atoms with Crippen molar-refractivity contribution in [2.75, 3.05) is 7.11 Å². The number of carbonyl (C=O) groups is 3. The van der Waals surface area contributed by atoms with Crippen LogP contribution >= 0.6 is 24.0 Å². The molecule has 0 saturated carbocycles. The van der Waals surface area contributed by atoms with E-state index in [0.717, 1.165) is 22.7 Å². The van der Waals surface area contributed by atoms with Crippen LogP contribution in [0.15, 0.2) is 17.0 Å². The van der Waals surface area contributed by atoms with E-state index in [9.17, 15) is 34.7 Å². The van der Waals surface area contributed by atoms with Gasteiger partial charge in [0, 0.05) is 12.5 Å². The zero-order chi connectivity index (χ0) is 21.9. The summed E-state index contributed by atoms with van der Waals surface area (Å²) in [4.78, 5) is 46.0. The van der Waals surface area contributed by atoms with Crippen molar-refractivity contribution in [2.45, 2.75) is 18.9 Å². The lowest BCUT2D eigenvalue weighted by molar-refractivity contribution is -0.386. The normalized spacial score (nSPS) is 16.2. The summed E-state index contributed by atoms with van der Waals surface area (Å²) < 4.78 is 4.81. The molecule has 11 nitrogen and oxygen atoms in total. The number of hydrogen-bond donors (Lipinski definition) is 3. The average Bonchev–Trinajstić information content (AvgIpc) is 2.90. The molecule has 1 heterocycles. The molecule has 0 aliphatic carbocycles. The molecule has 0 unspecified atom stereocenters. The van der Waals surface area contributed by atoms with Crippen LogP contribution < -0.4 is 4.74 Å². The van der Waals surface area contributed by atoms with Gasteiger partial charge in [-0.15, -0.1) is 0 Å². The van der Waals surface area contributed by atoms with Gasteiger partial charge in [-0.3, -0.25) is 24.6 Å². The molecule has 3 N–H and O–H groups in total. The lowest BCUT2D eigenvalue weighted by atomic mass is 10.1. The second kappa shape index (κ2) is 8.87. The number of methoxy groups -OCH3 is 1. The number of nitrogens with zero attached hydrogens (tertiary/aromatic N) is 2. The van der Waals surface area contributed by atoms with Crippen LogP contribution in [0.1, 0.15) is 18.4 Å². The van der Waals surface area contributed by atoms with Crippen molar-refractivity contribution < 1.29 is 39.4 Å². The third-order valence-electron chi connectivity index (χ3n) is 3.84. The number of aromatic hydroxyl groups is 1. The number of benzene rings is 1. The van der Waals surface area contributed by atoms with Crippen LogP contribution in [-0.4, -0.2) is 60.5 Å². The number of nitro groups is 1. The molecule has 1 aromatic carbocycles. The number of phenols is 1. The lowest BCUT2D eigenvalue weighted by Gasteiger charge is -2.22. The Morgan fingerprint density at radius 2 is 2.07 bits per heavy atom. The maximum Gasteiger partial charge on any atom is 0.326 e. The van der Waals surface area contributed by atoms with Crippen LogP contribution in [0.5, 0.6) is 11.5 Å². The van der Waals surface area contributed by atoms with Gasteiger partial charge in [-0.25, -0.2) is 4.79 Å². The van der Waals surface area contributed by atoms with Crippen LogP contribution in [0.4, 0.5) is 5.69 Å². The van der Waals surface area contributed by atoms with Crippen LogP contribution in [0.2, 0.25) is 0 Å². The minimum atomic E-state index is -1.46. The van der Waals surface area contributed by atoms with Crippen LogP contribution in [0.3, 0.4) is 0 Å². The Morgan fingerprint density at radius 1 is 1.41 bits per heavy atom. The molecule has 1 aliphatic heterocycles. The molecule has 1 saturated heterocycles. The number of carboxylic acid groups (broad SMARTS) is 2. The van der Waals surface area contributed by atoms with Crippen molar-refractivity contribution in [1.82, 2.24) is 4.90 Å². The highest BCUT2D eigenvalue weighted by Crippen LogP contribution is 2.40. The topological polar surface area (TPSA) is 168 Å². The number of thiocarbonyl (C=S) groups is 1. The Labute approximate surface area is 172 Å². The third-order valence-corrected chi connectivity index (χ3v) is 5.17. The van der Waals surface area contributed by atoms with E-state index in [-0.39, 0.29) is 27.0 Å². The highest BCUT2D eigenvalue weighted by molar-refractivity contribution is 8.26. The Bertz CT molecular complexity index is 945. The third kappa shape index (κ3) is 4.81. The molecule has 1 aliphatic rings. The van der Waals surface area contributed by atoms with Gasteiger partial charge in [-0.1, -0.05) is 24.0 Å². The molecule has 2 rings (SSSR count). The number of phenolic OH excluding ortho intramolecular Hbond substituents is 1. The van der Waals surface area contributed by atoms with E-state index in [2.05, 4.69) is 0 Å². The number of amides is 1. The highest BCUT2D eigenvalue weighted by atomic mass is 32.2. The average molecular weight is 442 g/mol. The maximum atomic E-state index is 12.7. The van der Waals surface area contributed by atoms with E-state index in [1.54, 1.807) is 0 Å². The first kappa shape index (κ1) is 22.1. The second-order valence-electron chi connectivity index (χ2n) is 5.69. The van der Waals surface area contributed by atoms with E-state index in [1.165, 1.54) is 19.3 Å². The summed E-state index contributed by atoms with van der Waals surface area (Å²) in [5, 5.41) is 39.0. The van der Waals surface area contributed by atoms with Crippen LogP contribution in [-0.2, 0) is 14.4 Å².